The monoisotopic (exact) mass is 613 g/mol. The van der Waals surface area contributed by atoms with E-state index in [4.69, 9.17) is 11.6 Å². The number of likely N-dealkylation sites (tertiary alicyclic amines) is 1. The maximum absolute atomic E-state index is 13.2. The van der Waals surface area contributed by atoms with E-state index in [0.29, 0.717) is 10.6 Å². The van der Waals surface area contributed by atoms with Crippen LogP contribution in [0.15, 0.2) is 58.0 Å². The molecule has 2 saturated heterocycles. The van der Waals surface area contributed by atoms with Gasteiger partial charge in [-0.3, -0.25) is 24.1 Å². The number of ketones is 1. The second kappa shape index (κ2) is 11.1. The van der Waals surface area contributed by atoms with Gasteiger partial charge in [0.05, 0.1) is 11.4 Å². The van der Waals surface area contributed by atoms with E-state index >= 15 is 0 Å². The third-order valence-electron chi connectivity index (χ3n) is 6.93. The topological polar surface area (TPSA) is 79.7 Å². The fraction of sp³-hybridized carbons (Fsp3) is 0.286. The Hall–Kier alpha value is -2.88. The molecule has 1 atom stereocenters. The van der Waals surface area contributed by atoms with Crippen molar-refractivity contribution in [2.24, 2.45) is 0 Å². The zero-order valence-electron chi connectivity index (χ0n) is 20.7. The lowest BCUT2D eigenvalue weighted by Gasteiger charge is -2.33. The van der Waals surface area contributed by atoms with Crippen molar-refractivity contribution >= 4 is 79.1 Å². The Labute approximate surface area is 237 Å². The van der Waals surface area contributed by atoms with Gasteiger partial charge >= 0.3 is 0 Å². The van der Waals surface area contributed by atoms with Gasteiger partial charge in [0.2, 0.25) is 5.91 Å². The zero-order valence-corrected chi connectivity index (χ0v) is 23.8. The molecule has 2 fully saturated rings. The van der Waals surface area contributed by atoms with E-state index in [-0.39, 0.29) is 35.7 Å². The Bertz CT molecular complexity index is 1480. The van der Waals surface area contributed by atoms with Crippen molar-refractivity contribution in [2.45, 2.75) is 38.8 Å². The first kappa shape index (κ1) is 26.7. The molecule has 0 aliphatic carbocycles. The molecule has 3 heterocycles. The summed E-state index contributed by atoms with van der Waals surface area (Å²) in [6.45, 7) is 2.69. The highest BCUT2D eigenvalue weighted by atomic mass is 79.9. The number of carbonyl (C=O) groups is 4. The summed E-state index contributed by atoms with van der Waals surface area (Å²) >= 11 is 10.2. The van der Waals surface area contributed by atoms with Crippen molar-refractivity contribution in [1.29, 1.82) is 0 Å². The number of Topliss-reactive ketones (excluding diaryl/α,β-unsaturated/α-hetero) is 1. The van der Waals surface area contributed by atoms with Crippen LogP contribution >= 0.6 is 39.3 Å². The van der Waals surface area contributed by atoms with E-state index in [1.807, 2.05) is 33.9 Å². The van der Waals surface area contributed by atoms with Gasteiger partial charge in [-0.25, -0.2) is 0 Å². The minimum Gasteiger partial charge on any atom is -0.338 e. The first-order valence-corrected chi connectivity index (χ1v) is 14.3. The molecule has 3 aromatic rings. The van der Waals surface area contributed by atoms with E-state index in [1.165, 1.54) is 0 Å². The number of halogens is 2. The van der Waals surface area contributed by atoms with E-state index in [2.05, 4.69) is 22.9 Å². The Kier molecular flexibility index (Phi) is 7.79. The molecule has 1 aromatic heterocycles. The second-order valence-electron chi connectivity index (χ2n) is 9.50. The van der Waals surface area contributed by atoms with Crippen LogP contribution in [-0.2, 0) is 16.1 Å². The van der Waals surface area contributed by atoms with Gasteiger partial charge in [0, 0.05) is 50.3 Å². The smallest absolute Gasteiger partial charge is 0.293 e. The van der Waals surface area contributed by atoms with Gasteiger partial charge in [0.1, 0.15) is 6.54 Å². The summed E-state index contributed by atoms with van der Waals surface area (Å²) < 4.78 is 2.75. The fourth-order valence-electron chi connectivity index (χ4n) is 4.90. The molecular weight excluding hydrogens is 590 g/mol. The van der Waals surface area contributed by atoms with Crippen molar-refractivity contribution in [3.63, 3.8) is 0 Å². The van der Waals surface area contributed by atoms with Crippen molar-refractivity contribution in [1.82, 2.24) is 14.4 Å². The molecule has 0 spiro atoms. The van der Waals surface area contributed by atoms with Gasteiger partial charge in [-0.05, 0) is 86.5 Å². The first-order valence-electron chi connectivity index (χ1n) is 12.3. The number of benzene rings is 2. The lowest BCUT2D eigenvalue weighted by atomic mass is 10.0. The van der Waals surface area contributed by atoms with Crippen LogP contribution in [0.3, 0.4) is 0 Å². The minimum atomic E-state index is -0.517. The molecule has 38 heavy (non-hydrogen) atoms. The number of fused-ring (bicyclic) bond motifs is 1. The Morgan fingerprint density at radius 3 is 2.61 bits per heavy atom. The molecule has 0 bridgehead atoms. The number of amides is 3. The predicted octanol–water partition coefficient (Wildman–Crippen LogP) is 6.38. The van der Waals surface area contributed by atoms with Gasteiger partial charge < -0.3 is 9.47 Å². The molecule has 0 radical (unpaired) electrons. The Morgan fingerprint density at radius 1 is 1.11 bits per heavy atom. The molecule has 196 valence electrons. The van der Waals surface area contributed by atoms with Crippen LogP contribution in [0.25, 0.3) is 17.0 Å². The van der Waals surface area contributed by atoms with Gasteiger partial charge in [0.15, 0.2) is 5.78 Å². The van der Waals surface area contributed by atoms with E-state index < -0.39 is 11.1 Å². The average Bonchev–Trinajstić information content (AvgIpc) is 3.35. The molecule has 2 aliphatic rings. The summed E-state index contributed by atoms with van der Waals surface area (Å²) in [5, 5.41) is 0.847. The Morgan fingerprint density at radius 2 is 1.87 bits per heavy atom. The number of aromatic nitrogens is 1. The molecule has 0 unspecified atom stereocenters. The zero-order chi connectivity index (χ0) is 27.0. The normalized spacial score (nSPS) is 19.1. The highest BCUT2D eigenvalue weighted by Gasteiger charge is 2.36. The fourth-order valence-corrected chi connectivity index (χ4v) is 6.21. The number of hydrogen-bond acceptors (Lipinski definition) is 5. The lowest BCUT2D eigenvalue weighted by Crippen LogP contribution is -2.43. The average molecular weight is 615 g/mol. The molecule has 0 N–H and O–H groups in total. The number of nitrogens with zero attached hydrogens (tertiary/aromatic N) is 3. The lowest BCUT2D eigenvalue weighted by molar-refractivity contribution is -0.135. The molecule has 5 rings (SSSR count). The van der Waals surface area contributed by atoms with E-state index in [0.717, 1.165) is 63.4 Å². The number of thioether (sulfide) groups is 1. The summed E-state index contributed by atoms with van der Waals surface area (Å²) in [7, 11) is 0. The third-order valence-corrected chi connectivity index (χ3v) is 8.58. The van der Waals surface area contributed by atoms with Gasteiger partial charge in [0.25, 0.3) is 11.1 Å². The van der Waals surface area contributed by atoms with E-state index in [1.54, 1.807) is 30.3 Å². The molecule has 10 heteroatoms. The number of piperidine rings is 1. The van der Waals surface area contributed by atoms with Crippen LogP contribution in [0, 0.1) is 0 Å². The molecule has 2 aliphatic heterocycles. The third kappa shape index (κ3) is 5.46. The summed E-state index contributed by atoms with van der Waals surface area (Å²) in [6.07, 6.45) is 6.66. The summed E-state index contributed by atoms with van der Waals surface area (Å²) in [5.41, 5.74) is 1.95. The maximum atomic E-state index is 13.2. The summed E-state index contributed by atoms with van der Waals surface area (Å²) in [4.78, 5) is 54.8. The number of rotatable bonds is 6. The largest absolute Gasteiger partial charge is 0.338 e. The standard InChI is InChI=1S/C28H25BrClN3O4S/c1-17-4-2-3-11-32(17)26(35)16-31-14-19(22-13-20(29)7-10-23(22)31)12-25-27(36)33(28(37)38-25)15-24(34)18-5-8-21(30)9-6-18/h5-10,12-14,17H,2-4,11,15-16H2,1H3/b25-12-/t17-/m1/s1. The van der Waals surface area contributed by atoms with Gasteiger partial charge in [-0.15, -0.1) is 0 Å². The van der Waals surface area contributed by atoms with Crippen molar-refractivity contribution in [2.75, 3.05) is 13.1 Å². The number of hydrogen-bond donors (Lipinski definition) is 0. The van der Waals surface area contributed by atoms with E-state index in [9.17, 15) is 19.2 Å². The minimum absolute atomic E-state index is 0.0598. The van der Waals surface area contributed by atoms with Crippen LogP contribution in [0.4, 0.5) is 4.79 Å². The SMILES string of the molecule is C[C@@H]1CCCCN1C(=O)Cn1cc(/C=C2\SC(=O)N(CC(=O)c3ccc(Cl)cc3)C2=O)c2cc(Br)ccc21. The molecular formula is C28H25BrClN3O4S. The molecule has 7 nitrogen and oxygen atoms in total. The van der Waals surface area contributed by atoms with Crippen molar-refractivity contribution < 1.29 is 19.2 Å². The highest BCUT2D eigenvalue weighted by molar-refractivity contribution is 9.10. The van der Waals surface area contributed by atoms with Crippen molar-refractivity contribution in [3.05, 3.63) is 74.2 Å². The quantitative estimate of drug-likeness (QED) is 0.238. The second-order valence-corrected chi connectivity index (χ2v) is 11.8. The van der Waals surface area contributed by atoms with Crippen LogP contribution in [-0.4, -0.2) is 56.3 Å². The van der Waals surface area contributed by atoms with Crippen LogP contribution in [0.1, 0.15) is 42.1 Å². The van der Waals surface area contributed by atoms with Crippen LogP contribution in [0.2, 0.25) is 5.02 Å². The van der Waals surface area contributed by atoms with Gasteiger partial charge in [-0.1, -0.05) is 27.5 Å². The maximum Gasteiger partial charge on any atom is 0.293 e. The van der Waals surface area contributed by atoms with Crippen LogP contribution < -0.4 is 0 Å². The molecule has 3 amide bonds. The molecule has 2 aromatic carbocycles. The summed E-state index contributed by atoms with van der Waals surface area (Å²) in [5.74, 6) is -0.808. The van der Waals surface area contributed by atoms with Crippen molar-refractivity contribution in [3.8, 4) is 0 Å². The highest BCUT2D eigenvalue weighted by Crippen LogP contribution is 2.35. The van der Waals surface area contributed by atoms with Crippen LogP contribution in [0.5, 0.6) is 0 Å². The van der Waals surface area contributed by atoms with Gasteiger partial charge in [-0.2, -0.15) is 0 Å². The number of carbonyl (C=O) groups excluding carboxylic acids is 4. The first-order chi connectivity index (χ1) is 18.2. The predicted molar refractivity (Wildman–Crippen MR) is 153 cm³/mol. The number of imide groups is 1. The molecule has 0 saturated carbocycles. The Balaban J connectivity index is 1.40. The summed E-state index contributed by atoms with van der Waals surface area (Å²) in [6, 6.07) is 12.3.